The molecule has 11 heteroatoms. The molecule has 2 N–H and O–H groups in total. The van der Waals surface area contributed by atoms with Crippen molar-refractivity contribution in [1.29, 1.82) is 0 Å². The van der Waals surface area contributed by atoms with Crippen LogP contribution in [0, 0.1) is 0 Å². The second-order valence-electron chi connectivity index (χ2n) is 7.76. The number of carbonyl (C=O) groups excluding carboxylic acids is 1. The van der Waals surface area contributed by atoms with Gasteiger partial charge < -0.3 is 10.1 Å². The summed E-state index contributed by atoms with van der Waals surface area (Å²) < 4.78 is 33.9. The molecule has 2 amide bonds. The number of amides is 2. The van der Waals surface area contributed by atoms with Crippen LogP contribution >= 0.6 is 0 Å². The van der Waals surface area contributed by atoms with Gasteiger partial charge in [0, 0.05) is 23.9 Å². The van der Waals surface area contributed by atoms with Crippen molar-refractivity contribution in [2.24, 2.45) is 0 Å². The number of ether oxygens (including phenoxy) is 1. The van der Waals surface area contributed by atoms with Crippen LogP contribution in [0.4, 0.5) is 10.5 Å². The van der Waals surface area contributed by atoms with Gasteiger partial charge >= 0.3 is 6.03 Å². The average Bonchev–Trinajstić information content (AvgIpc) is 3.44. The third-order valence-corrected chi connectivity index (χ3v) is 6.49. The summed E-state index contributed by atoms with van der Waals surface area (Å²) in [6.45, 7) is 3.69. The smallest absolute Gasteiger partial charge is 0.333 e. The molecule has 2 aromatic heterocycles. The number of fused-ring (bicyclic) bond motifs is 1. The highest BCUT2D eigenvalue weighted by atomic mass is 32.2. The van der Waals surface area contributed by atoms with E-state index in [0.29, 0.717) is 11.6 Å². The van der Waals surface area contributed by atoms with Crippen LogP contribution in [-0.2, 0) is 22.9 Å². The van der Waals surface area contributed by atoms with Gasteiger partial charge in [0.1, 0.15) is 0 Å². The zero-order chi connectivity index (χ0) is 22.9. The fraction of sp³-hybridized carbons (Fsp3) is 0.333. The number of urea groups is 1. The summed E-state index contributed by atoms with van der Waals surface area (Å²) in [4.78, 5) is 16.9. The predicted molar refractivity (Wildman–Crippen MR) is 118 cm³/mol. The fourth-order valence-electron chi connectivity index (χ4n) is 3.69. The highest BCUT2D eigenvalue weighted by molar-refractivity contribution is 7.90. The fourth-order valence-corrected chi connectivity index (χ4v) is 4.48. The summed E-state index contributed by atoms with van der Waals surface area (Å²) in [7, 11) is -2.65. The minimum absolute atomic E-state index is 0.0629. The second-order valence-corrected chi connectivity index (χ2v) is 9.39. The van der Waals surface area contributed by atoms with Gasteiger partial charge in [-0.2, -0.15) is 8.42 Å². The second kappa shape index (κ2) is 8.58. The molecular weight excluding hydrogens is 432 g/mol. The summed E-state index contributed by atoms with van der Waals surface area (Å²) in [6, 6.07) is 6.59. The lowest BCUT2D eigenvalue weighted by Gasteiger charge is -2.17. The van der Waals surface area contributed by atoms with Crippen molar-refractivity contribution in [2.75, 3.05) is 12.4 Å². The van der Waals surface area contributed by atoms with Crippen molar-refractivity contribution in [3.8, 4) is 17.0 Å². The molecule has 2 heterocycles. The number of nitrogens with one attached hydrogen (secondary N) is 2. The number of methoxy groups -OCH3 is 1. The highest BCUT2D eigenvalue weighted by Gasteiger charge is 2.25. The maximum absolute atomic E-state index is 12.8. The number of nitrogens with zero attached hydrogens (tertiary/aromatic N) is 4. The first kappa shape index (κ1) is 21.8. The number of rotatable bonds is 6. The van der Waals surface area contributed by atoms with Gasteiger partial charge in [-0.15, -0.1) is 5.10 Å². The van der Waals surface area contributed by atoms with E-state index in [4.69, 9.17) is 4.74 Å². The molecule has 32 heavy (non-hydrogen) atoms. The Hall–Kier alpha value is -3.47. The standard InChI is InChI=1S/C21H24N6O4S/c1-13(2)27-12-19(24-26-27)32(29,30)25-21(28)23-20-16-6-4-5-14(16)7-8-17(20)15-9-10-22-18(11-15)31-3/h7-13H,4-6H2,1-3H3,(H2,23,25,28). The van der Waals surface area contributed by atoms with Crippen LogP contribution in [0.3, 0.4) is 0 Å². The van der Waals surface area contributed by atoms with Crippen LogP contribution in [-0.4, -0.2) is 41.5 Å². The number of sulfonamides is 1. The molecule has 0 saturated heterocycles. The SMILES string of the molecule is COc1cc(-c2ccc3c(c2NC(=O)NS(=O)(=O)c2cn(C(C)C)nn2)CCC3)ccn1. The van der Waals surface area contributed by atoms with Gasteiger partial charge in [0.2, 0.25) is 10.9 Å². The quantitative estimate of drug-likeness (QED) is 0.583. The molecule has 0 radical (unpaired) electrons. The number of pyridine rings is 1. The lowest BCUT2D eigenvalue weighted by atomic mass is 9.98. The topological polar surface area (TPSA) is 128 Å². The minimum Gasteiger partial charge on any atom is -0.481 e. The average molecular weight is 457 g/mol. The zero-order valence-electron chi connectivity index (χ0n) is 18.0. The van der Waals surface area contributed by atoms with Crippen LogP contribution in [0.2, 0.25) is 0 Å². The van der Waals surface area contributed by atoms with Crippen LogP contribution in [0.25, 0.3) is 11.1 Å². The molecule has 1 aliphatic rings. The van der Waals surface area contributed by atoms with Crippen molar-refractivity contribution < 1.29 is 17.9 Å². The molecule has 0 spiro atoms. The van der Waals surface area contributed by atoms with E-state index in [-0.39, 0.29) is 11.1 Å². The van der Waals surface area contributed by atoms with E-state index in [1.807, 2.05) is 36.8 Å². The van der Waals surface area contributed by atoms with Gasteiger partial charge in [0.05, 0.1) is 19.0 Å². The first-order valence-corrected chi connectivity index (χ1v) is 11.7. The largest absolute Gasteiger partial charge is 0.481 e. The first-order chi connectivity index (χ1) is 15.3. The molecule has 4 rings (SSSR count). The Morgan fingerprint density at radius 3 is 2.75 bits per heavy atom. The van der Waals surface area contributed by atoms with Crippen LogP contribution in [0.15, 0.2) is 41.7 Å². The number of carbonyl (C=O) groups is 1. The van der Waals surface area contributed by atoms with E-state index >= 15 is 0 Å². The number of aromatic nitrogens is 4. The molecule has 0 bridgehead atoms. The van der Waals surface area contributed by atoms with Gasteiger partial charge in [0.15, 0.2) is 0 Å². The Morgan fingerprint density at radius 2 is 2.03 bits per heavy atom. The summed E-state index contributed by atoms with van der Waals surface area (Å²) in [6.07, 6.45) is 5.56. The third-order valence-electron chi connectivity index (χ3n) is 5.30. The summed E-state index contributed by atoms with van der Waals surface area (Å²) in [5.74, 6) is 0.439. The van der Waals surface area contributed by atoms with E-state index in [9.17, 15) is 13.2 Å². The molecule has 0 atom stereocenters. The normalized spacial score (nSPS) is 13.1. The molecular formula is C21H24N6O4S. The Labute approximate surface area is 186 Å². The molecule has 10 nitrogen and oxygen atoms in total. The van der Waals surface area contributed by atoms with E-state index in [1.54, 1.807) is 12.3 Å². The van der Waals surface area contributed by atoms with Crippen molar-refractivity contribution in [3.63, 3.8) is 0 Å². The van der Waals surface area contributed by atoms with Gasteiger partial charge in [-0.3, -0.25) is 0 Å². The molecule has 0 unspecified atom stereocenters. The maximum atomic E-state index is 12.8. The van der Waals surface area contributed by atoms with Crippen molar-refractivity contribution in [1.82, 2.24) is 24.7 Å². The van der Waals surface area contributed by atoms with E-state index < -0.39 is 16.1 Å². The number of aryl methyl sites for hydroxylation is 1. The monoisotopic (exact) mass is 456 g/mol. The van der Waals surface area contributed by atoms with E-state index in [0.717, 1.165) is 41.5 Å². The summed E-state index contributed by atoms with van der Waals surface area (Å²) >= 11 is 0. The van der Waals surface area contributed by atoms with Gasteiger partial charge in [0.25, 0.3) is 10.0 Å². The number of benzene rings is 1. The predicted octanol–water partition coefficient (Wildman–Crippen LogP) is 2.93. The highest BCUT2D eigenvalue weighted by Crippen LogP contribution is 2.38. The molecule has 0 saturated carbocycles. The van der Waals surface area contributed by atoms with Crippen molar-refractivity contribution >= 4 is 21.7 Å². The van der Waals surface area contributed by atoms with Crippen LogP contribution in [0.5, 0.6) is 5.88 Å². The van der Waals surface area contributed by atoms with Gasteiger partial charge in [-0.25, -0.2) is 19.2 Å². The zero-order valence-corrected chi connectivity index (χ0v) is 18.8. The van der Waals surface area contributed by atoms with E-state index in [1.165, 1.54) is 18.0 Å². The van der Waals surface area contributed by atoms with Crippen LogP contribution < -0.4 is 14.8 Å². The molecule has 168 valence electrons. The van der Waals surface area contributed by atoms with Crippen molar-refractivity contribution in [3.05, 3.63) is 47.8 Å². The Bertz CT molecular complexity index is 1270. The Morgan fingerprint density at radius 1 is 1.22 bits per heavy atom. The maximum Gasteiger partial charge on any atom is 0.333 e. The van der Waals surface area contributed by atoms with Crippen LogP contribution in [0.1, 0.15) is 37.4 Å². The molecule has 0 aliphatic heterocycles. The minimum atomic E-state index is -4.18. The van der Waals surface area contributed by atoms with Gasteiger partial charge in [-0.05, 0) is 55.9 Å². The van der Waals surface area contributed by atoms with E-state index in [2.05, 4.69) is 20.6 Å². The number of hydrogen-bond donors (Lipinski definition) is 2. The van der Waals surface area contributed by atoms with Crippen molar-refractivity contribution in [2.45, 2.75) is 44.2 Å². The Balaban J connectivity index is 1.64. The summed E-state index contributed by atoms with van der Waals surface area (Å²) in [5.41, 5.74) is 4.26. The summed E-state index contributed by atoms with van der Waals surface area (Å²) in [5, 5.41) is 9.90. The van der Waals surface area contributed by atoms with Gasteiger partial charge in [-0.1, -0.05) is 17.3 Å². The molecule has 1 aromatic carbocycles. The number of anilines is 1. The molecule has 0 fully saturated rings. The first-order valence-electron chi connectivity index (χ1n) is 10.2. The number of hydrogen-bond acceptors (Lipinski definition) is 7. The molecule has 1 aliphatic carbocycles. The Kier molecular flexibility index (Phi) is 5.83. The molecule has 3 aromatic rings. The lowest BCUT2D eigenvalue weighted by molar-refractivity contribution is 0.256. The lowest BCUT2D eigenvalue weighted by Crippen LogP contribution is -2.35. The third kappa shape index (κ3) is 4.28.